The van der Waals surface area contributed by atoms with Crippen LogP contribution in [0.2, 0.25) is 0 Å². The van der Waals surface area contributed by atoms with Crippen LogP contribution in [0.4, 0.5) is 4.79 Å². The average molecular weight is 250 g/mol. The molecule has 5 nitrogen and oxygen atoms in total. The number of amides is 2. The van der Waals surface area contributed by atoms with Gasteiger partial charge in [0.25, 0.3) is 5.91 Å². The van der Waals surface area contributed by atoms with Crippen LogP contribution in [0, 0.1) is 0 Å². The third kappa shape index (κ3) is 3.48. The highest BCUT2D eigenvalue weighted by Gasteiger charge is 2.12. The molecule has 0 atom stereocenters. The molecule has 0 N–H and O–H groups in total. The molecule has 0 aliphatic heterocycles. The molecule has 2 amide bonds. The monoisotopic (exact) mass is 250 g/mol. The number of carbonyl (C=O) groups is 2. The Hall–Kier alpha value is -2.04. The zero-order valence-electron chi connectivity index (χ0n) is 11.1. The lowest BCUT2D eigenvalue weighted by atomic mass is 10.2. The molecule has 0 spiro atoms. The Morgan fingerprint density at radius 2 is 1.89 bits per heavy atom. The highest BCUT2D eigenvalue weighted by molar-refractivity contribution is 5.94. The van der Waals surface area contributed by atoms with Gasteiger partial charge in [-0.25, -0.2) is 4.79 Å². The van der Waals surface area contributed by atoms with Crippen LogP contribution in [-0.2, 0) is 0 Å². The van der Waals surface area contributed by atoms with E-state index >= 15 is 0 Å². The molecule has 1 aromatic carbocycles. The van der Waals surface area contributed by atoms with E-state index in [1.807, 2.05) is 6.92 Å². The Morgan fingerprint density at radius 3 is 2.44 bits per heavy atom. The molecule has 0 aliphatic rings. The molecule has 0 bridgehead atoms. The first-order valence-corrected chi connectivity index (χ1v) is 5.70. The van der Waals surface area contributed by atoms with Crippen LogP contribution in [0.25, 0.3) is 0 Å². The van der Waals surface area contributed by atoms with Crippen molar-refractivity contribution in [3.63, 3.8) is 0 Å². The van der Waals surface area contributed by atoms with Crippen LogP contribution < -0.4 is 4.74 Å². The third-order valence-corrected chi connectivity index (χ3v) is 2.48. The molecule has 0 aliphatic carbocycles. The van der Waals surface area contributed by atoms with Crippen LogP contribution in [0.5, 0.6) is 5.75 Å². The van der Waals surface area contributed by atoms with Gasteiger partial charge >= 0.3 is 6.09 Å². The summed E-state index contributed by atoms with van der Waals surface area (Å²) < 4.78 is 5.15. The van der Waals surface area contributed by atoms with Crippen molar-refractivity contribution in [1.82, 2.24) is 9.80 Å². The van der Waals surface area contributed by atoms with Crippen molar-refractivity contribution in [2.45, 2.75) is 6.92 Å². The molecule has 0 radical (unpaired) electrons. The highest BCUT2D eigenvalue weighted by atomic mass is 16.6. The Bertz CT molecular complexity index is 444. The quantitative estimate of drug-likeness (QED) is 0.822. The fraction of sp³-hybridized carbons (Fsp3) is 0.385. The van der Waals surface area contributed by atoms with Gasteiger partial charge in [-0.1, -0.05) is 6.07 Å². The van der Waals surface area contributed by atoms with Gasteiger partial charge in [0.15, 0.2) is 0 Å². The van der Waals surface area contributed by atoms with Crippen LogP contribution in [0.3, 0.4) is 0 Å². The molecule has 1 rings (SSSR count). The summed E-state index contributed by atoms with van der Waals surface area (Å²) in [7, 11) is 4.99. The number of hydrogen-bond donors (Lipinski definition) is 0. The first-order chi connectivity index (χ1) is 8.45. The molecule has 0 unspecified atom stereocenters. The predicted octanol–water partition coefficient (Wildman–Crippen LogP) is 1.84. The van der Waals surface area contributed by atoms with E-state index in [1.165, 1.54) is 9.80 Å². The number of rotatable bonds is 3. The molecule has 5 heteroatoms. The van der Waals surface area contributed by atoms with Crippen LogP contribution >= 0.6 is 0 Å². The van der Waals surface area contributed by atoms with Gasteiger partial charge in [0.1, 0.15) is 5.75 Å². The van der Waals surface area contributed by atoms with Gasteiger partial charge in [0.2, 0.25) is 0 Å². The van der Waals surface area contributed by atoms with Crippen molar-refractivity contribution < 1.29 is 14.3 Å². The van der Waals surface area contributed by atoms with Gasteiger partial charge in [-0.05, 0) is 25.1 Å². The zero-order chi connectivity index (χ0) is 13.7. The molecule has 0 heterocycles. The van der Waals surface area contributed by atoms with E-state index in [9.17, 15) is 9.59 Å². The molecule has 0 saturated heterocycles. The van der Waals surface area contributed by atoms with E-state index in [2.05, 4.69) is 0 Å². The second-order valence-corrected chi connectivity index (χ2v) is 4.11. The maximum Gasteiger partial charge on any atom is 0.414 e. The van der Waals surface area contributed by atoms with Crippen molar-refractivity contribution in [2.24, 2.45) is 0 Å². The molecule has 0 saturated carbocycles. The summed E-state index contributed by atoms with van der Waals surface area (Å²) in [5.74, 6) is 0.241. The highest BCUT2D eigenvalue weighted by Crippen LogP contribution is 2.15. The van der Waals surface area contributed by atoms with E-state index in [4.69, 9.17) is 4.74 Å². The standard InChI is InChI=1S/C13H18N2O3/c1-5-15(4)13(17)18-11-8-6-7-10(9-11)12(16)14(2)3/h6-9H,5H2,1-4H3. The zero-order valence-corrected chi connectivity index (χ0v) is 11.1. The van der Waals surface area contributed by atoms with E-state index in [0.29, 0.717) is 17.9 Å². The van der Waals surface area contributed by atoms with Gasteiger partial charge in [-0.3, -0.25) is 4.79 Å². The SMILES string of the molecule is CCN(C)C(=O)Oc1cccc(C(=O)N(C)C)c1. The van der Waals surface area contributed by atoms with Gasteiger partial charge in [0, 0.05) is 33.3 Å². The van der Waals surface area contributed by atoms with Crippen LogP contribution in [0.15, 0.2) is 24.3 Å². The van der Waals surface area contributed by atoms with Crippen molar-refractivity contribution in [2.75, 3.05) is 27.7 Å². The summed E-state index contributed by atoms with van der Waals surface area (Å²) in [5.41, 5.74) is 0.490. The number of nitrogens with zero attached hydrogens (tertiary/aromatic N) is 2. The summed E-state index contributed by atoms with van der Waals surface area (Å²) in [4.78, 5) is 26.2. The van der Waals surface area contributed by atoms with E-state index < -0.39 is 6.09 Å². The molecule has 18 heavy (non-hydrogen) atoms. The lowest BCUT2D eigenvalue weighted by Crippen LogP contribution is -2.29. The molecular weight excluding hydrogens is 232 g/mol. The Morgan fingerprint density at radius 1 is 1.22 bits per heavy atom. The average Bonchev–Trinajstić information content (AvgIpc) is 2.36. The normalized spacial score (nSPS) is 9.78. The second kappa shape index (κ2) is 6.05. The second-order valence-electron chi connectivity index (χ2n) is 4.11. The number of hydrogen-bond acceptors (Lipinski definition) is 3. The molecule has 0 fully saturated rings. The van der Waals surface area contributed by atoms with Gasteiger partial charge in [0.05, 0.1) is 0 Å². The minimum atomic E-state index is -0.438. The van der Waals surface area contributed by atoms with Crippen LogP contribution in [-0.4, -0.2) is 49.5 Å². The molecule has 1 aromatic rings. The summed E-state index contributed by atoms with van der Waals surface area (Å²) >= 11 is 0. The van der Waals surface area contributed by atoms with Gasteiger partial charge < -0.3 is 14.5 Å². The Balaban J connectivity index is 2.83. The maximum atomic E-state index is 11.7. The number of ether oxygens (including phenoxy) is 1. The fourth-order valence-electron chi connectivity index (χ4n) is 1.26. The van der Waals surface area contributed by atoms with E-state index in [0.717, 1.165) is 0 Å². The van der Waals surface area contributed by atoms with Crippen molar-refractivity contribution in [3.8, 4) is 5.75 Å². The number of benzene rings is 1. The minimum Gasteiger partial charge on any atom is -0.410 e. The van der Waals surface area contributed by atoms with Crippen molar-refractivity contribution in [3.05, 3.63) is 29.8 Å². The number of carbonyl (C=O) groups excluding carboxylic acids is 2. The third-order valence-electron chi connectivity index (χ3n) is 2.48. The van der Waals surface area contributed by atoms with Gasteiger partial charge in [-0.15, -0.1) is 0 Å². The summed E-state index contributed by atoms with van der Waals surface area (Å²) in [5, 5.41) is 0. The smallest absolute Gasteiger partial charge is 0.410 e. The fourth-order valence-corrected chi connectivity index (χ4v) is 1.26. The molecule has 0 aromatic heterocycles. The first kappa shape index (κ1) is 14.0. The summed E-state index contributed by atoms with van der Waals surface area (Å²) in [6, 6.07) is 6.58. The van der Waals surface area contributed by atoms with Gasteiger partial charge in [-0.2, -0.15) is 0 Å². The van der Waals surface area contributed by atoms with E-state index in [-0.39, 0.29) is 5.91 Å². The maximum absolute atomic E-state index is 11.7. The topological polar surface area (TPSA) is 49.9 Å². The lowest BCUT2D eigenvalue weighted by Gasteiger charge is -2.15. The van der Waals surface area contributed by atoms with Crippen molar-refractivity contribution >= 4 is 12.0 Å². The predicted molar refractivity (Wildman–Crippen MR) is 68.8 cm³/mol. The Kier molecular flexibility index (Phi) is 4.71. The molecule has 98 valence electrons. The lowest BCUT2D eigenvalue weighted by molar-refractivity contribution is 0.0827. The Labute approximate surface area is 107 Å². The van der Waals surface area contributed by atoms with E-state index in [1.54, 1.807) is 45.4 Å². The largest absolute Gasteiger partial charge is 0.414 e. The first-order valence-electron chi connectivity index (χ1n) is 5.70. The summed E-state index contributed by atoms with van der Waals surface area (Å²) in [6.45, 7) is 2.42. The van der Waals surface area contributed by atoms with Crippen LogP contribution in [0.1, 0.15) is 17.3 Å². The molecular formula is C13H18N2O3. The van der Waals surface area contributed by atoms with Crippen molar-refractivity contribution in [1.29, 1.82) is 0 Å². The minimum absolute atomic E-state index is 0.128. The summed E-state index contributed by atoms with van der Waals surface area (Å²) in [6.07, 6.45) is -0.438.